The molecule has 0 aliphatic carbocycles. The molecule has 0 saturated carbocycles. The van der Waals surface area contributed by atoms with E-state index in [4.69, 9.17) is 0 Å². The zero-order chi connectivity index (χ0) is 19.9. The molecule has 0 spiro atoms. The number of hydrogen-bond donors (Lipinski definition) is 0. The molecule has 0 fully saturated rings. The Morgan fingerprint density at radius 3 is 2.68 bits per heavy atom. The number of anilines is 1. The number of carbonyl (C=O) groups is 1. The number of nitrogens with zero attached hydrogens (tertiary/aromatic N) is 3. The SMILES string of the molecule is CN(C)S(=O)(=O)c1ccc2c(c1)N(C(=O)c1ccnc3ccccc13)CCC2. The van der Waals surface area contributed by atoms with Crippen molar-refractivity contribution in [3.8, 4) is 0 Å². The lowest BCUT2D eigenvalue weighted by Gasteiger charge is -2.30. The van der Waals surface area contributed by atoms with Gasteiger partial charge < -0.3 is 4.90 Å². The highest BCUT2D eigenvalue weighted by Gasteiger charge is 2.27. The van der Waals surface area contributed by atoms with Gasteiger partial charge in [0.2, 0.25) is 10.0 Å². The van der Waals surface area contributed by atoms with Crippen LogP contribution in [0.2, 0.25) is 0 Å². The lowest BCUT2D eigenvalue weighted by Crippen LogP contribution is -2.36. The fourth-order valence-electron chi connectivity index (χ4n) is 3.56. The molecule has 2 heterocycles. The Labute approximate surface area is 164 Å². The highest BCUT2D eigenvalue weighted by molar-refractivity contribution is 7.89. The smallest absolute Gasteiger partial charge is 0.259 e. The second kappa shape index (κ2) is 7.00. The van der Waals surface area contributed by atoms with Gasteiger partial charge in [0, 0.05) is 37.9 Å². The van der Waals surface area contributed by atoms with Gasteiger partial charge in [0.05, 0.1) is 16.0 Å². The third-order valence-electron chi connectivity index (χ3n) is 5.08. The third kappa shape index (κ3) is 3.06. The van der Waals surface area contributed by atoms with Crippen molar-refractivity contribution in [3.05, 3.63) is 65.9 Å². The summed E-state index contributed by atoms with van der Waals surface area (Å²) in [5, 5.41) is 0.791. The van der Waals surface area contributed by atoms with Gasteiger partial charge in [0.25, 0.3) is 5.91 Å². The van der Waals surface area contributed by atoms with Crippen molar-refractivity contribution >= 4 is 32.5 Å². The minimum Gasteiger partial charge on any atom is -0.308 e. The Balaban J connectivity index is 1.82. The Hall–Kier alpha value is -2.77. The molecule has 1 amide bonds. The third-order valence-corrected chi connectivity index (χ3v) is 6.89. The van der Waals surface area contributed by atoms with E-state index in [1.54, 1.807) is 29.3 Å². The van der Waals surface area contributed by atoms with Crippen LogP contribution in [0.15, 0.2) is 59.6 Å². The molecule has 0 atom stereocenters. The number of sulfonamides is 1. The number of carbonyl (C=O) groups excluding carboxylic acids is 1. The van der Waals surface area contributed by atoms with Crippen LogP contribution >= 0.6 is 0 Å². The molecule has 1 aliphatic heterocycles. The summed E-state index contributed by atoms with van der Waals surface area (Å²) < 4.78 is 26.3. The molecular formula is C21H21N3O3S. The summed E-state index contributed by atoms with van der Waals surface area (Å²) in [5.74, 6) is -0.140. The number of benzene rings is 2. The predicted octanol–water partition coefficient (Wildman–Crippen LogP) is 3.08. The summed E-state index contributed by atoms with van der Waals surface area (Å²) in [7, 11) is -0.572. The van der Waals surface area contributed by atoms with Crippen molar-refractivity contribution in [1.82, 2.24) is 9.29 Å². The molecule has 6 nitrogen and oxygen atoms in total. The molecule has 2 aromatic carbocycles. The van der Waals surface area contributed by atoms with E-state index in [1.165, 1.54) is 18.4 Å². The number of pyridine rings is 1. The zero-order valence-electron chi connectivity index (χ0n) is 15.8. The van der Waals surface area contributed by atoms with Crippen LogP contribution in [0.25, 0.3) is 10.9 Å². The first-order valence-corrected chi connectivity index (χ1v) is 10.5. The van der Waals surface area contributed by atoms with E-state index in [0.717, 1.165) is 29.3 Å². The van der Waals surface area contributed by atoms with E-state index in [1.807, 2.05) is 30.3 Å². The van der Waals surface area contributed by atoms with Gasteiger partial charge >= 0.3 is 0 Å². The quantitative estimate of drug-likeness (QED) is 0.683. The van der Waals surface area contributed by atoms with Gasteiger partial charge in [0.1, 0.15) is 0 Å². The van der Waals surface area contributed by atoms with E-state index < -0.39 is 10.0 Å². The number of fused-ring (bicyclic) bond motifs is 2. The van der Waals surface area contributed by atoms with Crippen LogP contribution in [0.3, 0.4) is 0 Å². The minimum atomic E-state index is -3.57. The van der Waals surface area contributed by atoms with Gasteiger partial charge in [-0.3, -0.25) is 9.78 Å². The first-order chi connectivity index (χ1) is 13.4. The lowest BCUT2D eigenvalue weighted by molar-refractivity contribution is 0.0986. The monoisotopic (exact) mass is 395 g/mol. The molecule has 3 aromatic rings. The number of aromatic nitrogens is 1. The van der Waals surface area contributed by atoms with Crippen LogP contribution < -0.4 is 4.90 Å². The van der Waals surface area contributed by atoms with Gasteiger partial charge in [0.15, 0.2) is 0 Å². The van der Waals surface area contributed by atoms with Crippen LogP contribution in [-0.2, 0) is 16.4 Å². The Morgan fingerprint density at radius 1 is 1.11 bits per heavy atom. The molecule has 4 rings (SSSR count). The predicted molar refractivity (Wildman–Crippen MR) is 109 cm³/mol. The Kier molecular flexibility index (Phi) is 4.64. The second-order valence-corrected chi connectivity index (χ2v) is 9.17. The van der Waals surface area contributed by atoms with Crippen molar-refractivity contribution in [1.29, 1.82) is 0 Å². The fourth-order valence-corrected chi connectivity index (χ4v) is 4.49. The van der Waals surface area contributed by atoms with Crippen LogP contribution in [-0.4, -0.2) is 44.3 Å². The van der Waals surface area contributed by atoms with Gasteiger partial charge in [-0.15, -0.1) is 0 Å². The molecule has 0 N–H and O–H groups in total. The van der Waals surface area contributed by atoms with Gasteiger partial charge in [-0.25, -0.2) is 12.7 Å². The van der Waals surface area contributed by atoms with Crippen LogP contribution in [0, 0.1) is 0 Å². The lowest BCUT2D eigenvalue weighted by atomic mass is 10.00. The molecule has 1 aromatic heterocycles. The maximum Gasteiger partial charge on any atom is 0.259 e. The number of rotatable bonds is 3. The average molecular weight is 395 g/mol. The first kappa shape index (κ1) is 18.6. The Bertz CT molecular complexity index is 1170. The average Bonchev–Trinajstić information content (AvgIpc) is 2.71. The molecule has 1 aliphatic rings. The number of hydrogen-bond acceptors (Lipinski definition) is 4. The topological polar surface area (TPSA) is 70.6 Å². The summed E-state index contributed by atoms with van der Waals surface area (Å²) in [6, 6.07) is 14.3. The normalized spacial score (nSPS) is 14.3. The first-order valence-electron chi connectivity index (χ1n) is 9.10. The zero-order valence-corrected chi connectivity index (χ0v) is 16.6. The Morgan fingerprint density at radius 2 is 1.89 bits per heavy atom. The summed E-state index contributed by atoms with van der Waals surface area (Å²) in [4.78, 5) is 19.6. The van der Waals surface area contributed by atoms with Crippen LogP contribution in [0.1, 0.15) is 22.3 Å². The van der Waals surface area contributed by atoms with Crippen molar-refractivity contribution in [3.63, 3.8) is 0 Å². The van der Waals surface area contributed by atoms with Gasteiger partial charge in [-0.1, -0.05) is 24.3 Å². The molecule has 0 bridgehead atoms. The summed E-state index contributed by atoms with van der Waals surface area (Å²) in [6.45, 7) is 0.550. The molecule has 0 unspecified atom stereocenters. The highest BCUT2D eigenvalue weighted by atomic mass is 32.2. The molecule has 28 heavy (non-hydrogen) atoms. The minimum absolute atomic E-state index is 0.140. The van der Waals surface area contributed by atoms with Crippen molar-refractivity contribution < 1.29 is 13.2 Å². The summed E-state index contributed by atoms with van der Waals surface area (Å²) in [5.41, 5.74) is 2.98. The number of aryl methyl sites for hydroxylation is 1. The summed E-state index contributed by atoms with van der Waals surface area (Å²) in [6.07, 6.45) is 3.29. The van der Waals surface area contributed by atoms with Crippen molar-refractivity contribution in [2.24, 2.45) is 0 Å². The second-order valence-electron chi connectivity index (χ2n) is 7.01. The van der Waals surface area contributed by atoms with Crippen molar-refractivity contribution in [2.45, 2.75) is 17.7 Å². The number of amides is 1. The molecule has 0 radical (unpaired) electrons. The molecule has 144 valence electrons. The maximum absolute atomic E-state index is 13.4. The maximum atomic E-state index is 13.4. The molecule has 7 heteroatoms. The summed E-state index contributed by atoms with van der Waals surface area (Å²) >= 11 is 0. The van der Waals surface area contributed by atoms with Gasteiger partial charge in [-0.2, -0.15) is 0 Å². The van der Waals surface area contributed by atoms with E-state index >= 15 is 0 Å². The molecule has 0 saturated heterocycles. The van der Waals surface area contributed by atoms with Crippen LogP contribution in [0.4, 0.5) is 5.69 Å². The standard InChI is InChI=1S/C21H21N3O3S/c1-23(2)28(26,27)16-10-9-15-6-5-13-24(20(15)14-16)21(25)18-11-12-22-19-8-4-3-7-17(18)19/h3-4,7-12,14H,5-6,13H2,1-2H3. The van der Waals surface area contributed by atoms with Crippen molar-refractivity contribution in [2.75, 3.05) is 25.5 Å². The molecular weight excluding hydrogens is 374 g/mol. The van der Waals surface area contributed by atoms with E-state index in [2.05, 4.69) is 4.98 Å². The number of para-hydroxylation sites is 1. The fraction of sp³-hybridized carbons (Fsp3) is 0.238. The van der Waals surface area contributed by atoms with Gasteiger partial charge in [-0.05, 0) is 42.7 Å². The highest BCUT2D eigenvalue weighted by Crippen LogP contribution is 2.32. The largest absolute Gasteiger partial charge is 0.308 e. The van der Waals surface area contributed by atoms with E-state index in [9.17, 15) is 13.2 Å². The van der Waals surface area contributed by atoms with E-state index in [-0.39, 0.29) is 10.8 Å². The van der Waals surface area contributed by atoms with Crippen LogP contribution in [0.5, 0.6) is 0 Å². The van der Waals surface area contributed by atoms with E-state index in [0.29, 0.717) is 17.8 Å².